The van der Waals surface area contributed by atoms with E-state index >= 15 is 0 Å². The Morgan fingerprint density at radius 2 is 1.95 bits per heavy atom. The predicted octanol–water partition coefficient (Wildman–Crippen LogP) is 6.34. The first-order valence-corrected chi connectivity index (χ1v) is 14.2. The summed E-state index contributed by atoms with van der Waals surface area (Å²) >= 11 is 6.03. The number of hydrogen-bond acceptors (Lipinski definition) is 6. The van der Waals surface area contributed by atoms with Crippen LogP contribution in [0.2, 0.25) is 5.02 Å². The van der Waals surface area contributed by atoms with Crippen LogP contribution in [0.5, 0.6) is 11.5 Å². The number of ether oxygens (including phenoxy) is 3. The number of halogens is 4. The molecule has 226 valence electrons. The molecule has 0 spiro atoms. The van der Waals surface area contributed by atoms with Crippen molar-refractivity contribution >= 4 is 28.6 Å². The molecule has 1 aromatic heterocycles. The Hall–Kier alpha value is -3.80. The van der Waals surface area contributed by atoms with E-state index in [9.17, 15) is 23.1 Å². The van der Waals surface area contributed by atoms with Crippen LogP contribution in [0.1, 0.15) is 44.9 Å². The summed E-state index contributed by atoms with van der Waals surface area (Å²) in [5.74, 6) is -0.0965. The van der Waals surface area contributed by atoms with Gasteiger partial charge in [0.15, 0.2) is 0 Å². The Kier molecular flexibility index (Phi) is 7.97. The van der Waals surface area contributed by atoms with Gasteiger partial charge in [0.1, 0.15) is 23.9 Å². The molecule has 1 fully saturated rings. The number of imidazole rings is 1. The molecular weight excluding hydrogens is 587 g/mol. The molecule has 1 atom stereocenters. The molecule has 12 heteroatoms. The van der Waals surface area contributed by atoms with Crippen molar-refractivity contribution in [3.63, 3.8) is 0 Å². The Morgan fingerprint density at radius 1 is 1.14 bits per heavy atom. The van der Waals surface area contributed by atoms with Crippen molar-refractivity contribution < 1.29 is 37.3 Å². The summed E-state index contributed by atoms with van der Waals surface area (Å²) < 4.78 is 61.0. The molecule has 2 aliphatic rings. The summed E-state index contributed by atoms with van der Waals surface area (Å²) in [6.07, 6.45) is -3.24. The number of alkyl halides is 3. The highest BCUT2D eigenvalue weighted by Gasteiger charge is 2.36. The SMILES string of the molecule is COc1cc(Cl)ccc1COc1cc2c(cc1C(F)(F)F)CCN(Cc1nc3ccc(C(=O)O)cc3n1C[C@@H]1CCO1)C2. The number of carboxylic acid groups (broad SMARTS) is 1. The van der Waals surface area contributed by atoms with E-state index < -0.39 is 17.7 Å². The zero-order valence-electron chi connectivity index (χ0n) is 23.3. The largest absolute Gasteiger partial charge is 0.496 e. The lowest BCUT2D eigenvalue weighted by Crippen LogP contribution is -2.34. The Labute approximate surface area is 250 Å². The van der Waals surface area contributed by atoms with Gasteiger partial charge < -0.3 is 23.9 Å². The van der Waals surface area contributed by atoms with Gasteiger partial charge in [-0.15, -0.1) is 0 Å². The van der Waals surface area contributed by atoms with Crippen LogP contribution in [-0.4, -0.2) is 51.9 Å². The summed E-state index contributed by atoms with van der Waals surface area (Å²) in [4.78, 5) is 18.5. The summed E-state index contributed by atoms with van der Waals surface area (Å²) in [6, 6.07) is 12.4. The molecule has 8 nitrogen and oxygen atoms in total. The number of methoxy groups -OCH3 is 1. The van der Waals surface area contributed by atoms with Crippen molar-refractivity contribution in [3.8, 4) is 11.5 Å². The maximum Gasteiger partial charge on any atom is 0.419 e. The van der Waals surface area contributed by atoms with Gasteiger partial charge in [0.2, 0.25) is 0 Å². The average molecular weight is 616 g/mol. The molecule has 0 aliphatic carbocycles. The number of carbonyl (C=O) groups is 1. The predicted molar refractivity (Wildman–Crippen MR) is 153 cm³/mol. The highest BCUT2D eigenvalue weighted by Crippen LogP contribution is 2.40. The molecule has 43 heavy (non-hydrogen) atoms. The third-order valence-corrected chi connectivity index (χ3v) is 8.18. The van der Waals surface area contributed by atoms with Crippen molar-refractivity contribution in [1.82, 2.24) is 14.5 Å². The van der Waals surface area contributed by atoms with E-state index in [0.717, 1.165) is 17.8 Å². The number of benzene rings is 3. The fraction of sp³-hybridized carbons (Fsp3) is 0.355. The summed E-state index contributed by atoms with van der Waals surface area (Å²) in [6.45, 7) is 2.47. The highest BCUT2D eigenvalue weighted by atomic mass is 35.5. The zero-order chi connectivity index (χ0) is 30.3. The maximum absolute atomic E-state index is 14.1. The fourth-order valence-corrected chi connectivity index (χ4v) is 5.74. The summed E-state index contributed by atoms with van der Waals surface area (Å²) in [7, 11) is 1.46. The maximum atomic E-state index is 14.1. The lowest BCUT2D eigenvalue weighted by molar-refractivity contribution is -0.139. The molecule has 3 heterocycles. The Morgan fingerprint density at radius 3 is 2.65 bits per heavy atom. The molecule has 0 radical (unpaired) electrons. The Bertz CT molecular complexity index is 1690. The van der Waals surface area contributed by atoms with Crippen LogP contribution in [-0.2, 0) is 43.6 Å². The van der Waals surface area contributed by atoms with Crippen molar-refractivity contribution in [2.75, 3.05) is 20.3 Å². The van der Waals surface area contributed by atoms with Crippen molar-refractivity contribution in [2.24, 2.45) is 0 Å². The van der Waals surface area contributed by atoms with Crippen molar-refractivity contribution in [1.29, 1.82) is 0 Å². The molecule has 3 aromatic carbocycles. The molecule has 0 bridgehead atoms. The standard InChI is InChI=1S/C31H29ClF3N3O5/c1-41-27-13-22(32)4-2-20(27)17-43-28-12-21-14-37(8-6-18(21)10-24(28)31(33,34)35)16-29-36-25-5-3-19(30(39)40)11-26(25)38(29)15-23-7-9-42-23/h2-5,10-13,23H,6-9,14-17H2,1H3,(H,39,40)/t23-/m0/s1. The van der Waals surface area contributed by atoms with Crippen molar-refractivity contribution in [2.45, 2.75) is 51.4 Å². The number of nitrogens with zero attached hydrogens (tertiary/aromatic N) is 3. The molecular formula is C31H29ClF3N3O5. The first-order valence-electron chi connectivity index (χ1n) is 13.8. The molecule has 1 saturated heterocycles. The average Bonchev–Trinajstić information content (AvgIpc) is 3.28. The van der Waals surface area contributed by atoms with E-state index in [1.54, 1.807) is 30.3 Å². The van der Waals surface area contributed by atoms with Crippen molar-refractivity contribution in [3.05, 3.63) is 87.2 Å². The summed E-state index contributed by atoms with van der Waals surface area (Å²) in [5, 5.41) is 9.96. The van der Waals surface area contributed by atoms with Gasteiger partial charge >= 0.3 is 12.1 Å². The van der Waals surface area contributed by atoms with Crippen LogP contribution in [0.4, 0.5) is 13.2 Å². The topological polar surface area (TPSA) is 86.0 Å². The first-order chi connectivity index (χ1) is 20.6. The third kappa shape index (κ3) is 6.15. The van der Waals surface area contributed by atoms with Gasteiger partial charge in [0.05, 0.1) is 48.5 Å². The molecule has 0 amide bonds. The number of rotatable bonds is 9. The van der Waals surface area contributed by atoms with E-state index in [4.69, 9.17) is 30.8 Å². The van der Waals surface area contributed by atoms with Crippen LogP contribution in [0.3, 0.4) is 0 Å². The van der Waals surface area contributed by atoms with Gasteiger partial charge in [-0.1, -0.05) is 17.7 Å². The zero-order valence-corrected chi connectivity index (χ0v) is 24.0. The van der Waals surface area contributed by atoms with E-state index in [2.05, 4.69) is 4.90 Å². The van der Waals surface area contributed by atoms with Crippen LogP contribution >= 0.6 is 11.6 Å². The lowest BCUT2D eigenvalue weighted by atomic mass is 9.96. The second-order valence-corrected chi connectivity index (χ2v) is 11.2. The molecule has 1 N–H and O–H groups in total. The fourth-order valence-electron chi connectivity index (χ4n) is 5.58. The summed E-state index contributed by atoms with van der Waals surface area (Å²) in [5.41, 5.74) is 2.69. The molecule has 0 unspecified atom stereocenters. The second-order valence-electron chi connectivity index (χ2n) is 10.7. The smallest absolute Gasteiger partial charge is 0.419 e. The first kappa shape index (κ1) is 29.3. The van der Waals surface area contributed by atoms with Crippen LogP contribution < -0.4 is 9.47 Å². The number of hydrogen-bond donors (Lipinski definition) is 1. The molecule has 4 aromatic rings. The molecule has 6 rings (SSSR count). The molecule has 2 aliphatic heterocycles. The van der Waals surface area contributed by atoms with E-state index in [1.807, 2.05) is 4.57 Å². The number of aromatic nitrogens is 2. The molecule has 0 saturated carbocycles. The van der Waals surface area contributed by atoms with Gasteiger partial charge in [-0.3, -0.25) is 4.90 Å². The lowest BCUT2D eigenvalue weighted by Gasteiger charge is -2.31. The van der Waals surface area contributed by atoms with E-state index in [1.165, 1.54) is 25.3 Å². The normalized spacial score (nSPS) is 17.0. The highest BCUT2D eigenvalue weighted by molar-refractivity contribution is 6.30. The van der Waals surface area contributed by atoms with Gasteiger partial charge in [0, 0.05) is 30.3 Å². The third-order valence-electron chi connectivity index (χ3n) is 7.95. The minimum atomic E-state index is -4.59. The van der Waals surface area contributed by atoms with E-state index in [-0.39, 0.29) is 24.0 Å². The van der Waals surface area contributed by atoms with Gasteiger partial charge in [-0.25, -0.2) is 9.78 Å². The number of carboxylic acids is 1. The number of fused-ring (bicyclic) bond motifs is 2. The quantitative estimate of drug-likeness (QED) is 0.235. The number of aromatic carboxylic acids is 1. The monoisotopic (exact) mass is 615 g/mol. The van der Waals surface area contributed by atoms with Gasteiger partial charge in [-0.05, 0) is 66.4 Å². The second kappa shape index (κ2) is 11.7. The van der Waals surface area contributed by atoms with Crippen LogP contribution in [0.25, 0.3) is 11.0 Å². The minimum absolute atomic E-state index is 0.0199. The minimum Gasteiger partial charge on any atom is -0.496 e. The van der Waals surface area contributed by atoms with Crippen LogP contribution in [0, 0.1) is 0 Å². The van der Waals surface area contributed by atoms with E-state index in [0.29, 0.717) is 72.1 Å². The van der Waals surface area contributed by atoms with Gasteiger partial charge in [0.25, 0.3) is 0 Å². The van der Waals surface area contributed by atoms with Crippen LogP contribution in [0.15, 0.2) is 48.5 Å². The Balaban J connectivity index is 1.27. The van der Waals surface area contributed by atoms with Gasteiger partial charge in [-0.2, -0.15) is 13.2 Å².